The lowest BCUT2D eigenvalue weighted by Crippen LogP contribution is -2.43. The summed E-state index contributed by atoms with van der Waals surface area (Å²) in [6.45, 7) is 11.6. The van der Waals surface area contributed by atoms with Gasteiger partial charge in [0, 0.05) is 19.5 Å². The maximum Gasteiger partial charge on any atom is 0.223 e. The van der Waals surface area contributed by atoms with Crippen molar-refractivity contribution in [2.45, 2.75) is 59.4 Å². The molecule has 1 amide bonds. The van der Waals surface area contributed by atoms with E-state index in [1.807, 2.05) is 4.90 Å². The Bertz CT molecular complexity index is 333. The Hall–Kier alpha value is -0.610. The fourth-order valence-corrected chi connectivity index (χ4v) is 3.64. The molecule has 0 aromatic rings. The lowest BCUT2D eigenvalue weighted by atomic mass is 9.88. The molecule has 4 nitrogen and oxygen atoms in total. The third-order valence-electron chi connectivity index (χ3n) is 4.96. The van der Waals surface area contributed by atoms with Crippen LogP contribution in [0.2, 0.25) is 0 Å². The predicted molar refractivity (Wildman–Crippen MR) is 91.7 cm³/mol. The SMILES string of the molecule is CCCCN(C)C[C@@H]1[C@H](CC)CN(C(=O)CC(C)C)[C@@H]1CO. The van der Waals surface area contributed by atoms with Crippen molar-refractivity contribution >= 4 is 5.91 Å². The first-order chi connectivity index (χ1) is 10.4. The van der Waals surface area contributed by atoms with E-state index >= 15 is 0 Å². The van der Waals surface area contributed by atoms with Crippen molar-refractivity contribution in [1.29, 1.82) is 0 Å². The van der Waals surface area contributed by atoms with E-state index in [-0.39, 0.29) is 18.6 Å². The third-order valence-corrected chi connectivity index (χ3v) is 4.96. The molecule has 1 saturated heterocycles. The Morgan fingerprint density at radius 1 is 1.36 bits per heavy atom. The Morgan fingerprint density at radius 3 is 2.55 bits per heavy atom. The largest absolute Gasteiger partial charge is 0.394 e. The van der Waals surface area contributed by atoms with Crippen LogP contribution < -0.4 is 0 Å². The molecule has 0 bridgehead atoms. The van der Waals surface area contributed by atoms with Gasteiger partial charge < -0.3 is 14.9 Å². The van der Waals surface area contributed by atoms with Gasteiger partial charge in [-0.2, -0.15) is 0 Å². The van der Waals surface area contributed by atoms with Gasteiger partial charge >= 0.3 is 0 Å². The van der Waals surface area contributed by atoms with Crippen LogP contribution in [0.15, 0.2) is 0 Å². The van der Waals surface area contributed by atoms with Gasteiger partial charge in [-0.15, -0.1) is 0 Å². The van der Waals surface area contributed by atoms with Crippen molar-refractivity contribution in [1.82, 2.24) is 9.80 Å². The molecule has 1 rings (SSSR count). The van der Waals surface area contributed by atoms with Crippen LogP contribution in [0.1, 0.15) is 53.4 Å². The highest BCUT2D eigenvalue weighted by Gasteiger charge is 2.42. The Balaban J connectivity index is 2.74. The highest BCUT2D eigenvalue weighted by Crippen LogP contribution is 2.33. The van der Waals surface area contributed by atoms with Gasteiger partial charge in [-0.05, 0) is 37.8 Å². The minimum Gasteiger partial charge on any atom is -0.394 e. The van der Waals surface area contributed by atoms with Gasteiger partial charge in [-0.1, -0.05) is 40.5 Å². The van der Waals surface area contributed by atoms with Crippen molar-refractivity contribution < 1.29 is 9.90 Å². The van der Waals surface area contributed by atoms with E-state index in [0.29, 0.717) is 24.2 Å². The monoisotopic (exact) mass is 312 g/mol. The molecule has 0 radical (unpaired) electrons. The molecule has 0 saturated carbocycles. The summed E-state index contributed by atoms with van der Waals surface area (Å²) in [4.78, 5) is 16.8. The summed E-state index contributed by atoms with van der Waals surface area (Å²) in [6, 6.07) is 0.000256. The van der Waals surface area contributed by atoms with Gasteiger partial charge in [0.05, 0.1) is 12.6 Å². The Morgan fingerprint density at radius 2 is 2.05 bits per heavy atom. The number of likely N-dealkylation sites (tertiary alicyclic amines) is 1. The summed E-state index contributed by atoms with van der Waals surface area (Å²) in [7, 11) is 2.16. The second-order valence-electron chi connectivity index (χ2n) is 7.34. The van der Waals surface area contributed by atoms with Gasteiger partial charge in [0.1, 0.15) is 0 Å². The van der Waals surface area contributed by atoms with Crippen LogP contribution >= 0.6 is 0 Å². The molecule has 1 heterocycles. The van der Waals surface area contributed by atoms with E-state index in [0.717, 1.165) is 26.1 Å². The van der Waals surface area contributed by atoms with Gasteiger partial charge in [0.25, 0.3) is 0 Å². The number of aliphatic hydroxyl groups is 1. The van der Waals surface area contributed by atoms with Crippen molar-refractivity contribution in [2.75, 3.05) is 33.3 Å². The van der Waals surface area contributed by atoms with E-state index in [1.165, 1.54) is 12.8 Å². The molecule has 1 fully saturated rings. The van der Waals surface area contributed by atoms with Crippen molar-refractivity contribution in [3.8, 4) is 0 Å². The lowest BCUT2D eigenvalue weighted by Gasteiger charge is -2.30. The number of carbonyl (C=O) groups excluding carboxylic acids is 1. The second-order valence-corrected chi connectivity index (χ2v) is 7.34. The minimum absolute atomic E-state index is 0.000256. The van der Waals surface area contributed by atoms with Crippen LogP contribution in [-0.2, 0) is 4.79 Å². The molecular formula is C18H36N2O2. The molecule has 1 aliphatic rings. The fourth-order valence-electron chi connectivity index (χ4n) is 3.64. The average molecular weight is 312 g/mol. The predicted octanol–water partition coefficient (Wildman–Crippen LogP) is 2.61. The quantitative estimate of drug-likeness (QED) is 0.712. The summed E-state index contributed by atoms with van der Waals surface area (Å²) >= 11 is 0. The summed E-state index contributed by atoms with van der Waals surface area (Å²) in [5, 5.41) is 9.88. The molecule has 3 atom stereocenters. The smallest absolute Gasteiger partial charge is 0.223 e. The summed E-state index contributed by atoms with van der Waals surface area (Å²) in [5.41, 5.74) is 0. The Kier molecular flexibility index (Phi) is 8.40. The van der Waals surface area contributed by atoms with Crippen LogP contribution in [-0.4, -0.2) is 60.1 Å². The first kappa shape index (κ1) is 19.4. The zero-order valence-corrected chi connectivity index (χ0v) is 15.2. The van der Waals surface area contributed by atoms with Gasteiger partial charge in [-0.3, -0.25) is 4.79 Å². The number of aliphatic hydroxyl groups excluding tert-OH is 1. The number of carbonyl (C=O) groups is 1. The number of rotatable bonds is 9. The number of hydrogen-bond donors (Lipinski definition) is 1. The normalized spacial score (nSPS) is 25.5. The first-order valence-corrected chi connectivity index (χ1v) is 9.03. The molecular weight excluding hydrogens is 276 g/mol. The highest BCUT2D eigenvalue weighted by molar-refractivity contribution is 5.77. The lowest BCUT2D eigenvalue weighted by molar-refractivity contribution is -0.134. The topological polar surface area (TPSA) is 43.8 Å². The first-order valence-electron chi connectivity index (χ1n) is 9.03. The van der Waals surface area contributed by atoms with E-state index < -0.39 is 0 Å². The Labute approximate surface area is 136 Å². The molecule has 22 heavy (non-hydrogen) atoms. The van der Waals surface area contributed by atoms with Crippen molar-refractivity contribution in [2.24, 2.45) is 17.8 Å². The van der Waals surface area contributed by atoms with Gasteiger partial charge in [-0.25, -0.2) is 0 Å². The number of nitrogens with zero attached hydrogens (tertiary/aromatic N) is 2. The third kappa shape index (κ3) is 5.24. The van der Waals surface area contributed by atoms with Crippen LogP contribution in [0.4, 0.5) is 0 Å². The van der Waals surface area contributed by atoms with Crippen LogP contribution in [0.3, 0.4) is 0 Å². The maximum absolute atomic E-state index is 12.5. The molecule has 1 N–H and O–H groups in total. The van der Waals surface area contributed by atoms with Crippen LogP contribution in [0.5, 0.6) is 0 Å². The summed E-state index contributed by atoms with van der Waals surface area (Å²) in [5.74, 6) is 1.50. The standard InChI is InChI=1S/C18H36N2O2/c1-6-8-9-19(5)12-16-15(7-2)11-20(17(16)13-21)18(22)10-14(3)4/h14-17,21H,6-13H2,1-5H3/t15-,16-,17-/m1/s1. The second kappa shape index (κ2) is 9.51. The summed E-state index contributed by atoms with van der Waals surface area (Å²) in [6.07, 6.45) is 4.08. The number of hydrogen-bond acceptors (Lipinski definition) is 3. The summed E-state index contributed by atoms with van der Waals surface area (Å²) < 4.78 is 0. The van der Waals surface area contributed by atoms with Crippen molar-refractivity contribution in [3.05, 3.63) is 0 Å². The number of unbranched alkanes of at least 4 members (excludes halogenated alkanes) is 1. The van der Waals surface area contributed by atoms with Crippen molar-refractivity contribution in [3.63, 3.8) is 0 Å². The molecule has 0 aromatic heterocycles. The zero-order chi connectivity index (χ0) is 16.7. The van der Waals surface area contributed by atoms with Crippen LogP contribution in [0.25, 0.3) is 0 Å². The van der Waals surface area contributed by atoms with Crippen LogP contribution in [0, 0.1) is 17.8 Å². The highest BCUT2D eigenvalue weighted by atomic mass is 16.3. The minimum atomic E-state index is 0.000256. The maximum atomic E-state index is 12.5. The molecule has 130 valence electrons. The van der Waals surface area contributed by atoms with E-state index in [9.17, 15) is 9.90 Å². The van der Waals surface area contributed by atoms with E-state index in [2.05, 4.69) is 39.6 Å². The number of amides is 1. The average Bonchev–Trinajstić information content (AvgIpc) is 2.82. The molecule has 0 unspecified atom stereocenters. The molecule has 0 spiro atoms. The molecule has 0 aromatic carbocycles. The van der Waals surface area contributed by atoms with Gasteiger partial charge in [0.2, 0.25) is 5.91 Å². The molecule has 4 heteroatoms. The molecule has 1 aliphatic heterocycles. The van der Waals surface area contributed by atoms with E-state index in [4.69, 9.17) is 0 Å². The fraction of sp³-hybridized carbons (Fsp3) is 0.944. The zero-order valence-electron chi connectivity index (χ0n) is 15.2. The van der Waals surface area contributed by atoms with E-state index in [1.54, 1.807) is 0 Å². The molecule has 0 aliphatic carbocycles. The van der Waals surface area contributed by atoms with Gasteiger partial charge in [0.15, 0.2) is 0 Å².